The molecule has 7 aliphatic rings. The molecule has 5 aliphatic carbocycles. The quantitative estimate of drug-likeness (QED) is 0.214. The predicted octanol–water partition coefficient (Wildman–Crippen LogP) is 6.52. The number of esters is 1. The van der Waals surface area contributed by atoms with Gasteiger partial charge in [0.2, 0.25) is 5.78 Å². The van der Waals surface area contributed by atoms with E-state index in [1.807, 2.05) is 6.92 Å². The Morgan fingerprint density at radius 1 is 0.854 bits per heavy atom. The Labute approximate surface area is 245 Å². The Morgan fingerprint density at radius 2 is 1.56 bits per heavy atom. The number of nitrogens with zero attached hydrogens (tertiary/aromatic N) is 1. The second kappa shape index (κ2) is 8.89. The second-order valence-electron chi connectivity index (χ2n) is 16.3. The Morgan fingerprint density at radius 3 is 2.22 bits per heavy atom. The highest BCUT2D eigenvalue weighted by Crippen LogP contribution is 2.77. The van der Waals surface area contributed by atoms with Crippen LogP contribution in [-0.4, -0.2) is 41.7 Å². The van der Waals surface area contributed by atoms with Crippen molar-refractivity contribution in [1.29, 1.82) is 0 Å². The van der Waals surface area contributed by atoms with Gasteiger partial charge < -0.3 is 14.3 Å². The highest BCUT2D eigenvalue weighted by molar-refractivity contribution is 6.45. The number of fused-ring (bicyclic) bond motifs is 7. The van der Waals surface area contributed by atoms with Gasteiger partial charge in [-0.05, 0) is 104 Å². The molecular formula is C34H51NO6. The summed E-state index contributed by atoms with van der Waals surface area (Å²) in [6, 6.07) is 0. The molecule has 11 atom stereocenters. The molecule has 0 radical (unpaired) electrons. The minimum Gasteiger partial charge on any atom is -0.462 e. The molecule has 2 bridgehead atoms. The van der Waals surface area contributed by atoms with Crippen LogP contribution in [0, 0.1) is 56.7 Å². The van der Waals surface area contributed by atoms with Gasteiger partial charge >= 0.3 is 11.9 Å². The first kappa shape index (κ1) is 29.3. The molecule has 0 aromatic rings. The van der Waals surface area contributed by atoms with Gasteiger partial charge in [0.15, 0.2) is 0 Å². The van der Waals surface area contributed by atoms with E-state index in [9.17, 15) is 14.4 Å². The van der Waals surface area contributed by atoms with Crippen molar-refractivity contribution in [1.82, 2.24) is 0 Å². The van der Waals surface area contributed by atoms with Crippen LogP contribution < -0.4 is 0 Å². The van der Waals surface area contributed by atoms with Crippen molar-refractivity contribution < 1.29 is 28.7 Å². The van der Waals surface area contributed by atoms with Gasteiger partial charge in [0, 0.05) is 24.7 Å². The smallest absolute Gasteiger partial charge is 0.331 e. The lowest BCUT2D eigenvalue weighted by Crippen LogP contribution is -2.76. The van der Waals surface area contributed by atoms with Crippen LogP contribution in [0.3, 0.4) is 0 Å². The average molecular weight is 570 g/mol. The molecule has 228 valence electrons. The van der Waals surface area contributed by atoms with Gasteiger partial charge in [-0.1, -0.05) is 46.7 Å². The standard InChI is InChI=1S/C34H51NO6/c1-19-26-22-10-11-24-30(6)14-13-25(40-20(2)36)29(4,5)23(30)12-15-32(24,8)31(22,7)16-17-34(26)18-39-33(19,9)28(38)27(34)35-41-21(3)37/h19,22-26H,10-18H2,1-9H3/b35-27+. The van der Waals surface area contributed by atoms with Crippen LogP contribution in [0.25, 0.3) is 0 Å². The van der Waals surface area contributed by atoms with Crippen molar-refractivity contribution in [3.63, 3.8) is 0 Å². The second-order valence-corrected chi connectivity index (χ2v) is 16.3. The summed E-state index contributed by atoms with van der Waals surface area (Å²) < 4.78 is 12.3. The molecular weight excluding hydrogens is 518 g/mol. The largest absolute Gasteiger partial charge is 0.462 e. The third-order valence-corrected chi connectivity index (χ3v) is 14.8. The fourth-order valence-corrected chi connectivity index (χ4v) is 12.5. The van der Waals surface area contributed by atoms with Crippen molar-refractivity contribution in [3.8, 4) is 0 Å². The molecule has 2 saturated heterocycles. The van der Waals surface area contributed by atoms with Crippen molar-refractivity contribution in [2.24, 2.45) is 61.8 Å². The zero-order valence-electron chi connectivity index (χ0n) is 26.7. The summed E-state index contributed by atoms with van der Waals surface area (Å²) in [4.78, 5) is 42.7. The first-order valence-electron chi connectivity index (χ1n) is 16.1. The molecule has 7 nitrogen and oxygen atoms in total. The SMILES string of the molecule is CC(=O)O/N=C1\C(=O)C2(C)OCC13CCC1(C)C(CCC4C5(C)CCC(OC(C)=O)C(C)(C)C5CCC41C)C3C2C. The van der Waals surface area contributed by atoms with Gasteiger partial charge in [0.1, 0.15) is 17.4 Å². The number of rotatable bonds is 2. The van der Waals surface area contributed by atoms with Gasteiger partial charge in [0.25, 0.3) is 0 Å². The van der Waals surface area contributed by atoms with E-state index in [4.69, 9.17) is 14.3 Å². The van der Waals surface area contributed by atoms with Gasteiger partial charge in [-0.25, -0.2) is 4.79 Å². The maximum atomic E-state index is 13.8. The molecule has 7 heteroatoms. The summed E-state index contributed by atoms with van der Waals surface area (Å²) in [6.07, 6.45) is 8.51. The molecule has 0 aromatic heterocycles. The molecule has 1 spiro atoms. The van der Waals surface area contributed by atoms with Crippen LogP contribution in [0.15, 0.2) is 5.16 Å². The zero-order chi connectivity index (χ0) is 30.0. The van der Waals surface area contributed by atoms with Gasteiger partial charge in [-0.3, -0.25) is 9.59 Å². The molecule has 2 aliphatic heterocycles. The van der Waals surface area contributed by atoms with E-state index in [-0.39, 0.29) is 51.4 Å². The van der Waals surface area contributed by atoms with E-state index in [0.717, 1.165) is 38.5 Å². The topological polar surface area (TPSA) is 91.3 Å². The number of ketones is 1. The van der Waals surface area contributed by atoms with Crippen molar-refractivity contribution >= 4 is 23.4 Å². The lowest BCUT2D eigenvalue weighted by molar-refractivity contribution is -0.276. The number of oxime groups is 1. The van der Waals surface area contributed by atoms with Crippen LogP contribution in [0.4, 0.5) is 0 Å². The highest BCUT2D eigenvalue weighted by Gasteiger charge is 2.75. The van der Waals surface area contributed by atoms with Gasteiger partial charge in [-0.2, -0.15) is 0 Å². The summed E-state index contributed by atoms with van der Waals surface area (Å²) in [5.74, 6) is 1.11. The van der Waals surface area contributed by atoms with Crippen LogP contribution in [0.1, 0.15) is 114 Å². The van der Waals surface area contributed by atoms with Gasteiger partial charge in [-0.15, -0.1) is 0 Å². The molecule has 11 unspecified atom stereocenters. The summed E-state index contributed by atoms with van der Waals surface area (Å²) in [6.45, 7) is 19.9. The molecule has 41 heavy (non-hydrogen) atoms. The van der Waals surface area contributed by atoms with E-state index in [1.54, 1.807) is 6.92 Å². The van der Waals surface area contributed by atoms with Crippen LogP contribution in [-0.2, 0) is 28.7 Å². The monoisotopic (exact) mass is 569 g/mol. The van der Waals surface area contributed by atoms with Gasteiger partial charge in [0.05, 0.1) is 6.61 Å². The summed E-state index contributed by atoms with van der Waals surface area (Å²) in [5, 5.41) is 4.27. The summed E-state index contributed by atoms with van der Waals surface area (Å²) in [7, 11) is 0. The molecule has 7 rings (SSSR count). The Bertz CT molecular complexity index is 1210. The van der Waals surface area contributed by atoms with E-state index in [0.29, 0.717) is 30.1 Å². The molecule has 0 N–H and O–H groups in total. The predicted molar refractivity (Wildman–Crippen MR) is 155 cm³/mol. The first-order valence-corrected chi connectivity index (χ1v) is 16.1. The van der Waals surface area contributed by atoms with E-state index < -0.39 is 17.0 Å². The molecule has 0 amide bonds. The normalized spacial score (nSPS) is 52.5. The lowest BCUT2D eigenvalue weighted by atomic mass is 9.30. The lowest BCUT2D eigenvalue weighted by Gasteiger charge is -2.75. The van der Waals surface area contributed by atoms with E-state index in [2.05, 4.69) is 46.7 Å². The summed E-state index contributed by atoms with van der Waals surface area (Å²) in [5.41, 5.74) is -0.566. The number of Topliss-reactive ketones (excluding diaryl/α,β-unsaturated/α-hetero) is 1. The Hall–Kier alpha value is -1.76. The third-order valence-electron chi connectivity index (χ3n) is 14.8. The minimum absolute atomic E-state index is 0.0178. The molecule has 5 saturated carbocycles. The van der Waals surface area contributed by atoms with Crippen molar-refractivity contribution in [3.05, 3.63) is 0 Å². The highest BCUT2D eigenvalue weighted by atomic mass is 16.7. The van der Waals surface area contributed by atoms with E-state index >= 15 is 0 Å². The Balaban J connectivity index is 1.38. The average Bonchev–Trinajstić information content (AvgIpc) is 2.87. The van der Waals surface area contributed by atoms with Crippen LogP contribution in [0.2, 0.25) is 0 Å². The molecule has 7 fully saturated rings. The van der Waals surface area contributed by atoms with Crippen molar-refractivity contribution in [2.75, 3.05) is 6.61 Å². The minimum atomic E-state index is -0.940. The first-order chi connectivity index (χ1) is 19.0. The fraction of sp³-hybridized carbons (Fsp3) is 0.882. The summed E-state index contributed by atoms with van der Waals surface area (Å²) >= 11 is 0. The number of hydrogen-bond acceptors (Lipinski definition) is 7. The van der Waals surface area contributed by atoms with E-state index in [1.165, 1.54) is 19.8 Å². The molecule has 2 heterocycles. The molecule has 0 aromatic carbocycles. The number of carbonyl (C=O) groups is 3. The fourth-order valence-electron chi connectivity index (χ4n) is 12.5. The number of carbonyl (C=O) groups excluding carboxylic acids is 3. The third kappa shape index (κ3) is 3.53. The van der Waals surface area contributed by atoms with Crippen molar-refractivity contribution in [2.45, 2.75) is 125 Å². The Kier molecular flexibility index (Phi) is 6.36. The number of hydrogen-bond donors (Lipinski definition) is 0. The zero-order valence-corrected chi connectivity index (χ0v) is 26.7. The van der Waals surface area contributed by atoms with Crippen LogP contribution in [0.5, 0.6) is 0 Å². The van der Waals surface area contributed by atoms with Crippen LogP contribution >= 0.6 is 0 Å². The number of ether oxygens (including phenoxy) is 2. The maximum absolute atomic E-state index is 13.8. The maximum Gasteiger partial charge on any atom is 0.331 e.